The summed E-state index contributed by atoms with van der Waals surface area (Å²) in [6.07, 6.45) is 8.51. The summed E-state index contributed by atoms with van der Waals surface area (Å²) in [5.41, 5.74) is 4.39. The van der Waals surface area contributed by atoms with E-state index in [9.17, 15) is 10.1 Å². The molecule has 1 heterocycles. The Balaban J connectivity index is 1.80. The van der Waals surface area contributed by atoms with Crippen molar-refractivity contribution in [3.63, 3.8) is 0 Å². The molecule has 4 heteroatoms. The zero-order chi connectivity index (χ0) is 18.6. The maximum absolute atomic E-state index is 13.3. The lowest BCUT2D eigenvalue weighted by molar-refractivity contribution is -0.112. The van der Waals surface area contributed by atoms with Crippen molar-refractivity contribution < 1.29 is 4.79 Å². The average Bonchev–Trinajstić information content (AvgIpc) is 2.94. The number of nitriles is 1. The number of anilines is 2. The highest BCUT2D eigenvalue weighted by Gasteiger charge is 2.30. The first-order chi connectivity index (χ1) is 13.3. The van der Waals surface area contributed by atoms with Crippen LogP contribution < -0.4 is 4.90 Å². The van der Waals surface area contributed by atoms with E-state index in [4.69, 9.17) is 0 Å². The molecule has 4 rings (SSSR count). The summed E-state index contributed by atoms with van der Waals surface area (Å²) < 4.78 is 0. The van der Waals surface area contributed by atoms with E-state index in [2.05, 4.69) is 11.1 Å². The first-order valence-corrected chi connectivity index (χ1v) is 8.80. The van der Waals surface area contributed by atoms with E-state index < -0.39 is 0 Å². The molecule has 1 aliphatic heterocycles. The molecule has 0 N–H and O–H groups in total. The third-order valence-corrected chi connectivity index (χ3v) is 4.51. The quantitative estimate of drug-likeness (QED) is 0.791. The Kier molecular flexibility index (Phi) is 4.51. The fourth-order valence-electron chi connectivity index (χ4n) is 3.25. The van der Waals surface area contributed by atoms with Crippen LogP contribution in [0.25, 0.3) is 0 Å². The van der Waals surface area contributed by atoms with Gasteiger partial charge in [0.1, 0.15) is 5.71 Å². The molecule has 0 aromatic heterocycles. The van der Waals surface area contributed by atoms with Gasteiger partial charge in [-0.15, -0.1) is 0 Å². The minimum atomic E-state index is -0.138. The number of benzene rings is 2. The van der Waals surface area contributed by atoms with Gasteiger partial charge in [0.15, 0.2) is 0 Å². The number of para-hydroxylation sites is 2. The third kappa shape index (κ3) is 3.36. The zero-order valence-corrected chi connectivity index (χ0v) is 14.7. The van der Waals surface area contributed by atoms with Gasteiger partial charge in [-0.1, -0.05) is 48.6 Å². The monoisotopic (exact) mass is 351 g/mol. The van der Waals surface area contributed by atoms with Gasteiger partial charge in [-0.2, -0.15) is 5.26 Å². The Labute approximate surface area is 158 Å². The Morgan fingerprint density at radius 2 is 1.81 bits per heavy atom. The van der Waals surface area contributed by atoms with Crippen LogP contribution in [0.4, 0.5) is 11.4 Å². The van der Waals surface area contributed by atoms with Crippen molar-refractivity contribution in [1.29, 1.82) is 5.26 Å². The number of carbonyl (C=O) groups excluding carboxylic acids is 1. The minimum absolute atomic E-state index is 0.138. The van der Waals surface area contributed by atoms with Crippen LogP contribution in [-0.2, 0) is 11.2 Å². The molecule has 2 aliphatic rings. The third-order valence-electron chi connectivity index (χ3n) is 4.51. The number of aliphatic imine (C=N–C) groups is 1. The van der Waals surface area contributed by atoms with E-state index in [1.165, 1.54) is 0 Å². The summed E-state index contributed by atoms with van der Waals surface area (Å²) in [7, 11) is 0. The van der Waals surface area contributed by atoms with Crippen LogP contribution >= 0.6 is 0 Å². The molecule has 2 aromatic rings. The van der Waals surface area contributed by atoms with Crippen LogP contribution in [0.15, 0.2) is 95.2 Å². The summed E-state index contributed by atoms with van der Waals surface area (Å²) >= 11 is 0. The highest BCUT2D eigenvalue weighted by atomic mass is 16.2. The van der Waals surface area contributed by atoms with E-state index in [1.54, 1.807) is 11.0 Å². The number of rotatable bonds is 2. The molecule has 0 atom stereocenters. The molecular weight excluding hydrogens is 334 g/mol. The Bertz CT molecular complexity index is 1050. The van der Waals surface area contributed by atoms with Gasteiger partial charge in [-0.25, -0.2) is 4.99 Å². The fraction of sp³-hybridized carbons (Fsp3) is 0.0870. The van der Waals surface area contributed by atoms with Gasteiger partial charge < -0.3 is 0 Å². The Morgan fingerprint density at radius 3 is 2.63 bits per heavy atom. The molecule has 130 valence electrons. The summed E-state index contributed by atoms with van der Waals surface area (Å²) in [6, 6.07) is 19.6. The number of carbonyl (C=O) groups is 1. The van der Waals surface area contributed by atoms with Crippen LogP contribution in [0.3, 0.4) is 0 Å². The van der Waals surface area contributed by atoms with Crippen molar-refractivity contribution in [3.05, 3.63) is 95.7 Å². The van der Waals surface area contributed by atoms with E-state index in [-0.39, 0.29) is 5.91 Å². The van der Waals surface area contributed by atoms with Gasteiger partial charge in [0.25, 0.3) is 5.91 Å². The van der Waals surface area contributed by atoms with Crippen LogP contribution in [0.5, 0.6) is 0 Å². The Morgan fingerprint density at radius 1 is 1.04 bits per heavy atom. The first-order valence-electron chi connectivity index (χ1n) is 8.80. The average molecular weight is 351 g/mol. The lowest BCUT2D eigenvalue weighted by Gasteiger charge is -2.30. The van der Waals surface area contributed by atoms with Crippen molar-refractivity contribution in [2.24, 2.45) is 4.99 Å². The van der Waals surface area contributed by atoms with Gasteiger partial charge in [-0.05, 0) is 42.3 Å². The normalized spacial score (nSPS) is 17.7. The molecular formula is C23H17N3O. The number of hydrogen-bond acceptors (Lipinski definition) is 3. The number of fused-ring (bicyclic) bond motifs is 1. The van der Waals surface area contributed by atoms with Gasteiger partial charge in [0, 0.05) is 12.1 Å². The van der Waals surface area contributed by atoms with Crippen LogP contribution in [0, 0.1) is 11.3 Å². The maximum atomic E-state index is 13.3. The predicted molar refractivity (Wildman–Crippen MR) is 107 cm³/mol. The molecule has 2 aromatic carbocycles. The summed E-state index contributed by atoms with van der Waals surface area (Å²) in [6.45, 7) is 0. The lowest BCUT2D eigenvalue weighted by Crippen LogP contribution is -2.38. The van der Waals surface area contributed by atoms with Crippen molar-refractivity contribution in [3.8, 4) is 6.07 Å². The minimum Gasteiger partial charge on any atom is -0.276 e. The largest absolute Gasteiger partial charge is 0.277 e. The van der Waals surface area contributed by atoms with E-state index in [1.807, 2.05) is 72.8 Å². The van der Waals surface area contributed by atoms with Gasteiger partial charge >= 0.3 is 0 Å². The topological polar surface area (TPSA) is 56.5 Å². The number of hydrogen-bond donors (Lipinski definition) is 0. The highest BCUT2D eigenvalue weighted by Crippen LogP contribution is 2.33. The van der Waals surface area contributed by atoms with Crippen LogP contribution in [-0.4, -0.2) is 11.6 Å². The van der Waals surface area contributed by atoms with Crippen molar-refractivity contribution in [2.75, 3.05) is 4.90 Å². The van der Waals surface area contributed by atoms with Gasteiger partial charge in [-0.3, -0.25) is 9.69 Å². The van der Waals surface area contributed by atoms with Crippen LogP contribution in [0.2, 0.25) is 0 Å². The fourth-order valence-corrected chi connectivity index (χ4v) is 3.25. The van der Waals surface area contributed by atoms with Gasteiger partial charge in [0.05, 0.1) is 23.0 Å². The molecule has 0 spiro atoms. The standard InChI is InChI=1S/C23H17N3O/c24-16-17-8-4-6-10-19(14-17)25-21-15-18-9-5-7-13-22(18)26(23(21)27)20-11-2-1-3-12-20/h1-3,5-14H,4,15H2. The van der Waals surface area contributed by atoms with E-state index >= 15 is 0 Å². The SMILES string of the molecule is N#CC1=CCC=CC(N=C2Cc3ccccc3N(c3ccccc3)C2=O)=C1. The van der Waals surface area contributed by atoms with Crippen LogP contribution in [0.1, 0.15) is 12.0 Å². The molecule has 0 saturated heterocycles. The second kappa shape index (κ2) is 7.27. The summed E-state index contributed by atoms with van der Waals surface area (Å²) in [5.74, 6) is -0.138. The molecule has 0 unspecified atom stereocenters. The first kappa shape index (κ1) is 16.7. The maximum Gasteiger partial charge on any atom is 0.277 e. The zero-order valence-electron chi connectivity index (χ0n) is 14.7. The number of allylic oxidation sites excluding steroid dienone is 5. The smallest absolute Gasteiger partial charge is 0.276 e. The second-order valence-corrected chi connectivity index (χ2v) is 6.32. The lowest BCUT2D eigenvalue weighted by atomic mass is 9.98. The van der Waals surface area contributed by atoms with E-state index in [0.29, 0.717) is 29.8 Å². The van der Waals surface area contributed by atoms with E-state index in [0.717, 1.165) is 16.9 Å². The molecule has 0 saturated carbocycles. The molecule has 4 nitrogen and oxygen atoms in total. The molecule has 27 heavy (non-hydrogen) atoms. The highest BCUT2D eigenvalue weighted by molar-refractivity contribution is 6.47. The number of nitrogens with zero attached hydrogens (tertiary/aromatic N) is 3. The van der Waals surface area contributed by atoms with Gasteiger partial charge in [0.2, 0.25) is 0 Å². The molecule has 1 aliphatic carbocycles. The molecule has 0 bridgehead atoms. The molecule has 0 radical (unpaired) electrons. The van der Waals surface area contributed by atoms with Crippen molar-refractivity contribution in [2.45, 2.75) is 12.8 Å². The molecule has 0 fully saturated rings. The van der Waals surface area contributed by atoms with Crippen molar-refractivity contribution >= 4 is 23.0 Å². The predicted octanol–water partition coefficient (Wildman–Crippen LogP) is 4.64. The second-order valence-electron chi connectivity index (χ2n) is 6.32. The molecule has 1 amide bonds. The Hall–Kier alpha value is -3.71. The number of amides is 1. The summed E-state index contributed by atoms with van der Waals surface area (Å²) in [5, 5.41) is 9.20. The summed E-state index contributed by atoms with van der Waals surface area (Å²) in [4.78, 5) is 19.6. The van der Waals surface area contributed by atoms with Crippen molar-refractivity contribution in [1.82, 2.24) is 0 Å².